The fourth-order valence-electron chi connectivity index (χ4n) is 6.34. The third-order valence-electron chi connectivity index (χ3n) is 8.89. The van der Waals surface area contributed by atoms with E-state index >= 15 is 0 Å². The Hall–Kier alpha value is -4.38. The predicted molar refractivity (Wildman–Crippen MR) is 165 cm³/mol. The van der Waals surface area contributed by atoms with Crippen LogP contribution in [0, 0.1) is 6.92 Å². The first-order valence-electron chi connectivity index (χ1n) is 15.1. The van der Waals surface area contributed by atoms with Gasteiger partial charge in [0.15, 0.2) is 0 Å². The molecule has 2 saturated heterocycles. The zero-order valence-corrected chi connectivity index (χ0v) is 25.2. The largest absolute Gasteiger partial charge is 0.340 e. The second-order valence-corrected chi connectivity index (χ2v) is 11.8. The highest BCUT2D eigenvalue weighted by atomic mass is 16.2. The van der Waals surface area contributed by atoms with Gasteiger partial charge in [0.1, 0.15) is 11.9 Å². The Morgan fingerprint density at radius 3 is 2.67 bits per heavy atom. The maximum atomic E-state index is 13.9. The number of nitrogens with one attached hydrogen (secondary N) is 2. The van der Waals surface area contributed by atoms with E-state index in [9.17, 15) is 14.4 Å². The minimum absolute atomic E-state index is 0.0608. The van der Waals surface area contributed by atoms with E-state index in [4.69, 9.17) is 0 Å². The lowest BCUT2D eigenvalue weighted by molar-refractivity contribution is -0.135. The number of likely N-dealkylation sites (tertiary alicyclic amines) is 1. The molecule has 2 aromatic carbocycles. The Kier molecular flexibility index (Phi) is 8.07. The van der Waals surface area contributed by atoms with Crippen molar-refractivity contribution < 1.29 is 14.4 Å². The number of aromatic nitrogens is 2. The van der Waals surface area contributed by atoms with Crippen molar-refractivity contribution in [1.29, 1.82) is 0 Å². The lowest BCUT2D eigenvalue weighted by atomic mass is 10.0. The summed E-state index contributed by atoms with van der Waals surface area (Å²) in [7, 11) is 3.96. The summed E-state index contributed by atoms with van der Waals surface area (Å²) in [6, 6.07) is 12.7. The molecular formula is C32H40N8O3. The standard InChI is InChI=1S/C32H40N8O3/c1-22-18-23(30(41)40-21-25-20-34-37(3)29(25)35-26-8-4-5-9-27(26)40)11-12-24(22)19-33-32(43)39-15-6-10-28(39)31(42)38-14-7-13-36(2)16-17-38/h4-5,8-9,11-12,18,20,28,35H,6-7,10,13-17,19,21H2,1-3H3,(H,33,43)/t28-/m1/s1. The Morgan fingerprint density at radius 2 is 1.84 bits per heavy atom. The molecule has 0 aliphatic carbocycles. The highest BCUT2D eigenvalue weighted by molar-refractivity contribution is 6.08. The number of likely N-dealkylation sites (N-methyl/N-ethyl adjacent to an activating group) is 1. The third kappa shape index (κ3) is 5.81. The van der Waals surface area contributed by atoms with E-state index in [0.717, 1.165) is 66.4 Å². The quantitative estimate of drug-likeness (QED) is 0.487. The first kappa shape index (κ1) is 28.7. The Bertz CT molecular complexity index is 1530. The van der Waals surface area contributed by atoms with E-state index in [1.165, 1.54) is 0 Å². The van der Waals surface area contributed by atoms with E-state index in [2.05, 4.69) is 27.7 Å². The van der Waals surface area contributed by atoms with Gasteiger partial charge in [0, 0.05) is 50.9 Å². The second-order valence-electron chi connectivity index (χ2n) is 11.8. The molecule has 3 aromatic rings. The maximum absolute atomic E-state index is 13.9. The van der Waals surface area contributed by atoms with E-state index < -0.39 is 6.04 Å². The minimum atomic E-state index is -0.407. The van der Waals surface area contributed by atoms with Crippen molar-refractivity contribution in [3.05, 3.63) is 70.9 Å². The molecule has 2 fully saturated rings. The normalized spacial score (nSPS) is 18.8. The molecule has 0 unspecified atom stereocenters. The smallest absolute Gasteiger partial charge is 0.318 e. The molecule has 3 aliphatic rings. The molecule has 4 amide bonds. The van der Waals surface area contributed by atoms with Crippen molar-refractivity contribution >= 4 is 35.0 Å². The van der Waals surface area contributed by atoms with Gasteiger partial charge in [-0.25, -0.2) is 4.79 Å². The number of benzene rings is 2. The van der Waals surface area contributed by atoms with Gasteiger partial charge in [-0.3, -0.25) is 14.3 Å². The van der Waals surface area contributed by atoms with Crippen LogP contribution in [0.1, 0.15) is 46.3 Å². The fourth-order valence-corrected chi connectivity index (χ4v) is 6.34. The van der Waals surface area contributed by atoms with Crippen molar-refractivity contribution in [2.75, 3.05) is 50.0 Å². The van der Waals surface area contributed by atoms with Gasteiger partial charge < -0.3 is 30.2 Å². The van der Waals surface area contributed by atoms with Crippen molar-refractivity contribution in [3.63, 3.8) is 0 Å². The van der Waals surface area contributed by atoms with Crippen LogP contribution in [0.4, 0.5) is 22.0 Å². The van der Waals surface area contributed by atoms with Gasteiger partial charge in [-0.05, 0) is 75.2 Å². The van der Waals surface area contributed by atoms with Crippen LogP contribution in [0.5, 0.6) is 0 Å². The van der Waals surface area contributed by atoms with Crippen LogP contribution in [-0.2, 0) is 24.9 Å². The summed E-state index contributed by atoms with van der Waals surface area (Å²) >= 11 is 0. The summed E-state index contributed by atoms with van der Waals surface area (Å²) < 4.78 is 1.78. The zero-order valence-electron chi connectivity index (χ0n) is 25.2. The number of para-hydroxylation sites is 2. The Balaban J connectivity index is 1.12. The molecule has 11 nitrogen and oxygen atoms in total. The van der Waals surface area contributed by atoms with Gasteiger partial charge in [0.2, 0.25) is 5.91 Å². The molecule has 11 heteroatoms. The summed E-state index contributed by atoms with van der Waals surface area (Å²) in [6.45, 7) is 6.52. The van der Waals surface area contributed by atoms with Crippen molar-refractivity contribution in [3.8, 4) is 0 Å². The number of nitrogens with zero attached hydrogens (tertiary/aromatic N) is 6. The molecule has 43 heavy (non-hydrogen) atoms. The lowest BCUT2D eigenvalue weighted by Crippen LogP contribution is -2.51. The first-order chi connectivity index (χ1) is 20.8. The van der Waals surface area contributed by atoms with Gasteiger partial charge >= 0.3 is 6.03 Å². The first-order valence-corrected chi connectivity index (χ1v) is 15.1. The number of anilines is 3. The van der Waals surface area contributed by atoms with E-state index in [0.29, 0.717) is 38.2 Å². The maximum Gasteiger partial charge on any atom is 0.318 e. The third-order valence-corrected chi connectivity index (χ3v) is 8.89. The molecule has 0 radical (unpaired) electrons. The molecule has 1 atom stereocenters. The number of hydrogen-bond donors (Lipinski definition) is 2. The number of urea groups is 1. The van der Waals surface area contributed by atoms with Crippen LogP contribution in [-0.4, -0.2) is 88.1 Å². The number of amides is 4. The molecule has 4 heterocycles. The molecule has 3 aliphatic heterocycles. The Morgan fingerprint density at radius 1 is 1.00 bits per heavy atom. The van der Waals surface area contributed by atoms with E-state index in [1.54, 1.807) is 20.7 Å². The fraction of sp³-hybridized carbons (Fsp3) is 0.438. The van der Waals surface area contributed by atoms with Crippen molar-refractivity contribution in [2.45, 2.75) is 45.3 Å². The van der Waals surface area contributed by atoms with Crippen LogP contribution in [0.25, 0.3) is 0 Å². The number of hydrogen-bond acceptors (Lipinski definition) is 6. The van der Waals surface area contributed by atoms with Crippen LogP contribution in [0.2, 0.25) is 0 Å². The summed E-state index contributed by atoms with van der Waals surface area (Å²) in [6.07, 6.45) is 4.26. The topological polar surface area (TPSA) is 106 Å². The molecule has 6 rings (SSSR count). The van der Waals surface area contributed by atoms with Crippen LogP contribution in [0.15, 0.2) is 48.7 Å². The van der Waals surface area contributed by atoms with Crippen molar-refractivity contribution in [1.82, 2.24) is 29.8 Å². The van der Waals surface area contributed by atoms with Crippen molar-refractivity contribution in [2.24, 2.45) is 7.05 Å². The van der Waals surface area contributed by atoms with E-state index in [-0.39, 0.29) is 17.8 Å². The summed E-state index contributed by atoms with van der Waals surface area (Å²) in [5, 5.41) is 10.8. The van der Waals surface area contributed by atoms with Gasteiger partial charge in [-0.2, -0.15) is 5.10 Å². The molecular weight excluding hydrogens is 544 g/mol. The SMILES string of the molecule is Cc1cc(C(=O)N2Cc3cnn(C)c3Nc3ccccc32)ccc1CNC(=O)N1CCC[C@@H]1C(=O)N1CCCN(C)CC1. The highest BCUT2D eigenvalue weighted by Gasteiger charge is 2.37. The predicted octanol–water partition coefficient (Wildman–Crippen LogP) is 3.47. The zero-order chi connectivity index (χ0) is 30.1. The monoisotopic (exact) mass is 584 g/mol. The highest BCUT2D eigenvalue weighted by Crippen LogP contribution is 2.36. The number of rotatable bonds is 4. The molecule has 2 N–H and O–H groups in total. The van der Waals surface area contributed by atoms with Gasteiger partial charge in [-0.15, -0.1) is 0 Å². The van der Waals surface area contributed by atoms with E-state index in [1.807, 2.05) is 61.3 Å². The van der Waals surface area contributed by atoms with Crippen LogP contribution in [0.3, 0.4) is 0 Å². The molecule has 0 spiro atoms. The second kappa shape index (κ2) is 12.1. The van der Waals surface area contributed by atoms with Crippen LogP contribution >= 0.6 is 0 Å². The molecule has 0 saturated carbocycles. The Labute approximate surface area is 252 Å². The number of fused-ring (bicyclic) bond motifs is 2. The summed E-state index contributed by atoms with van der Waals surface area (Å²) in [5.41, 5.74) is 5.00. The minimum Gasteiger partial charge on any atom is -0.340 e. The number of carbonyl (C=O) groups is 3. The lowest BCUT2D eigenvalue weighted by Gasteiger charge is -2.29. The van der Waals surface area contributed by atoms with Gasteiger partial charge in [-0.1, -0.05) is 18.2 Å². The van der Waals surface area contributed by atoms with Gasteiger partial charge in [0.25, 0.3) is 5.91 Å². The van der Waals surface area contributed by atoms with Gasteiger partial charge in [0.05, 0.1) is 24.1 Å². The average molecular weight is 585 g/mol. The summed E-state index contributed by atoms with van der Waals surface area (Å²) in [4.78, 5) is 48.1. The van der Waals surface area contributed by atoms with Crippen LogP contribution < -0.4 is 15.5 Å². The molecule has 1 aromatic heterocycles. The number of carbonyl (C=O) groups excluding carboxylic acids is 3. The number of aryl methyl sites for hydroxylation is 2. The summed E-state index contributed by atoms with van der Waals surface area (Å²) in [5.74, 6) is 0.819. The average Bonchev–Trinajstić information content (AvgIpc) is 3.51. The molecule has 0 bridgehead atoms. The molecule has 226 valence electrons.